The lowest BCUT2D eigenvalue weighted by molar-refractivity contribution is 0.282. The van der Waals surface area contributed by atoms with Crippen LogP contribution in [0.15, 0.2) is 115 Å². The Bertz CT molecular complexity index is 917. The largest absolute Gasteiger partial charge is 0.392 e. The summed E-state index contributed by atoms with van der Waals surface area (Å²) in [5.41, 5.74) is 2.22. The van der Waals surface area contributed by atoms with E-state index >= 15 is 0 Å². The first kappa shape index (κ1) is 18.6. The third kappa shape index (κ3) is 3.64. The molecule has 0 saturated carbocycles. The normalized spacial score (nSPS) is 11.3. The van der Waals surface area contributed by atoms with E-state index in [1.807, 2.05) is 6.07 Å². The van der Waals surface area contributed by atoms with Crippen molar-refractivity contribution in [3.63, 3.8) is 0 Å². The number of hydrogen-bond donors (Lipinski definition) is 1. The third-order valence-electron chi connectivity index (χ3n) is 5.18. The van der Waals surface area contributed by atoms with Crippen LogP contribution in [-0.2, 0) is 12.8 Å². The SMILES string of the molecule is OCc1cccc(C[P+](c2ccccc2)(c2ccccc2)c2ccccc2)c1. The summed E-state index contributed by atoms with van der Waals surface area (Å²) in [6.45, 7) is 0.0707. The lowest BCUT2D eigenvalue weighted by Crippen LogP contribution is -2.32. The van der Waals surface area contributed by atoms with Gasteiger partial charge in [-0.05, 0) is 53.6 Å². The van der Waals surface area contributed by atoms with Gasteiger partial charge in [0.05, 0.1) is 12.8 Å². The van der Waals surface area contributed by atoms with Gasteiger partial charge in [-0.2, -0.15) is 0 Å². The zero-order valence-electron chi connectivity index (χ0n) is 15.8. The molecule has 4 aromatic rings. The van der Waals surface area contributed by atoms with Crippen molar-refractivity contribution in [1.29, 1.82) is 0 Å². The minimum atomic E-state index is -1.89. The highest BCUT2D eigenvalue weighted by Crippen LogP contribution is 2.58. The molecule has 0 saturated heterocycles. The third-order valence-corrected chi connectivity index (χ3v) is 9.56. The average molecular weight is 383 g/mol. The van der Waals surface area contributed by atoms with Crippen molar-refractivity contribution < 1.29 is 5.11 Å². The van der Waals surface area contributed by atoms with Crippen LogP contribution in [0.5, 0.6) is 0 Å². The van der Waals surface area contributed by atoms with E-state index in [4.69, 9.17) is 0 Å². The van der Waals surface area contributed by atoms with E-state index in [0.717, 1.165) is 11.7 Å². The van der Waals surface area contributed by atoms with Gasteiger partial charge in [0.1, 0.15) is 23.2 Å². The van der Waals surface area contributed by atoms with Gasteiger partial charge in [-0.3, -0.25) is 0 Å². The fourth-order valence-electron chi connectivity index (χ4n) is 3.87. The van der Waals surface area contributed by atoms with Crippen molar-refractivity contribution in [3.05, 3.63) is 126 Å². The van der Waals surface area contributed by atoms with E-state index in [1.54, 1.807) is 0 Å². The van der Waals surface area contributed by atoms with Crippen molar-refractivity contribution in [1.82, 2.24) is 0 Å². The number of rotatable bonds is 6. The molecule has 0 unspecified atom stereocenters. The molecule has 0 amide bonds. The molecule has 138 valence electrons. The minimum Gasteiger partial charge on any atom is -0.392 e. The predicted molar refractivity (Wildman–Crippen MR) is 121 cm³/mol. The quantitative estimate of drug-likeness (QED) is 0.480. The van der Waals surface area contributed by atoms with Crippen LogP contribution in [0.2, 0.25) is 0 Å². The zero-order valence-corrected chi connectivity index (χ0v) is 16.7. The van der Waals surface area contributed by atoms with Gasteiger partial charge >= 0.3 is 0 Å². The smallest absolute Gasteiger partial charge is 0.116 e. The summed E-state index contributed by atoms with van der Waals surface area (Å²) < 4.78 is 0. The van der Waals surface area contributed by atoms with Gasteiger partial charge in [0.2, 0.25) is 0 Å². The standard InChI is InChI=1S/C26H24OP/c27-20-22-11-10-12-23(19-22)21-28(24-13-4-1-5-14-24,25-15-6-2-7-16-25)26-17-8-3-9-18-26/h1-19,27H,20-21H2/q+1. The molecule has 0 aliphatic rings. The van der Waals surface area contributed by atoms with Crippen LogP contribution in [-0.4, -0.2) is 5.11 Å². The first-order chi connectivity index (χ1) is 13.8. The van der Waals surface area contributed by atoms with E-state index < -0.39 is 7.26 Å². The van der Waals surface area contributed by atoms with E-state index in [9.17, 15) is 5.11 Å². The van der Waals surface area contributed by atoms with Gasteiger partial charge < -0.3 is 5.11 Å². The maximum atomic E-state index is 9.62. The molecule has 0 aliphatic carbocycles. The van der Waals surface area contributed by atoms with Crippen LogP contribution in [0, 0.1) is 0 Å². The van der Waals surface area contributed by atoms with Crippen LogP contribution < -0.4 is 15.9 Å². The van der Waals surface area contributed by atoms with Gasteiger partial charge in [-0.1, -0.05) is 72.8 Å². The molecule has 0 radical (unpaired) electrons. The Morgan fingerprint density at radius 2 is 0.929 bits per heavy atom. The van der Waals surface area contributed by atoms with E-state index in [1.165, 1.54) is 21.5 Å². The fourth-order valence-corrected chi connectivity index (χ4v) is 8.10. The van der Waals surface area contributed by atoms with Gasteiger partial charge in [0.15, 0.2) is 0 Å². The van der Waals surface area contributed by atoms with Gasteiger partial charge in [-0.25, -0.2) is 0 Å². The Morgan fingerprint density at radius 3 is 1.36 bits per heavy atom. The van der Waals surface area contributed by atoms with E-state index in [0.29, 0.717) is 0 Å². The van der Waals surface area contributed by atoms with Crippen LogP contribution in [0.25, 0.3) is 0 Å². The molecule has 0 aromatic heterocycles. The fraction of sp³-hybridized carbons (Fsp3) is 0.0769. The molecule has 4 aromatic carbocycles. The van der Waals surface area contributed by atoms with Gasteiger partial charge in [0.25, 0.3) is 0 Å². The highest BCUT2D eigenvalue weighted by Gasteiger charge is 2.45. The molecule has 28 heavy (non-hydrogen) atoms. The van der Waals surface area contributed by atoms with Crippen LogP contribution in [0.1, 0.15) is 11.1 Å². The molecule has 4 rings (SSSR count). The predicted octanol–water partition coefficient (Wildman–Crippen LogP) is 4.67. The average Bonchev–Trinajstić information content (AvgIpc) is 2.79. The van der Waals surface area contributed by atoms with Gasteiger partial charge in [-0.15, -0.1) is 0 Å². The Morgan fingerprint density at radius 1 is 0.500 bits per heavy atom. The second-order valence-corrected chi connectivity index (χ2v) is 10.4. The summed E-state index contributed by atoms with van der Waals surface area (Å²) in [6, 6.07) is 41.1. The number of benzene rings is 4. The topological polar surface area (TPSA) is 20.2 Å². The van der Waals surface area contributed by atoms with E-state index in [-0.39, 0.29) is 6.61 Å². The Balaban J connectivity index is 1.98. The number of aliphatic hydroxyl groups excluding tert-OH is 1. The summed E-state index contributed by atoms with van der Waals surface area (Å²) in [7, 11) is -1.89. The molecule has 0 bridgehead atoms. The van der Waals surface area contributed by atoms with Crippen molar-refractivity contribution in [2.75, 3.05) is 0 Å². The second kappa shape index (κ2) is 8.52. The lowest BCUT2D eigenvalue weighted by Gasteiger charge is -2.28. The number of hydrogen-bond acceptors (Lipinski definition) is 1. The molecular formula is C26H24OP+. The maximum Gasteiger partial charge on any atom is 0.116 e. The molecule has 1 N–H and O–H groups in total. The van der Waals surface area contributed by atoms with Crippen LogP contribution >= 0.6 is 7.26 Å². The van der Waals surface area contributed by atoms with Crippen molar-refractivity contribution >= 4 is 23.2 Å². The first-order valence-corrected chi connectivity index (χ1v) is 11.5. The molecule has 0 heterocycles. The Hall–Kier alpha value is -2.73. The maximum absolute atomic E-state index is 9.62. The monoisotopic (exact) mass is 383 g/mol. The minimum absolute atomic E-state index is 0.0707. The summed E-state index contributed by atoms with van der Waals surface area (Å²) in [6.07, 6.45) is 0.929. The molecule has 2 heteroatoms. The highest BCUT2D eigenvalue weighted by molar-refractivity contribution is 7.95. The van der Waals surface area contributed by atoms with Crippen molar-refractivity contribution in [2.45, 2.75) is 12.8 Å². The molecule has 1 nitrogen and oxygen atoms in total. The lowest BCUT2D eigenvalue weighted by atomic mass is 10.1. The Kier molecular flexibility index (Phi) is 5.67. The molecule has 0 atom stereocenters. The molecule has 0 aliphatic heterocycles. The summed E-state index contributed by atoms with van der Waals surface area (Å²) in [5.74, 6) is 0. The first-order valence-electron chi connectivity index (χ1n) is 9.56. The zero-order chi connectivity index (χ0) is 19.2. The Labute approximate surface area is 167 Å². The number of aliphatic hydroxyl groups is 1. The summed E-state index contributed by atoms with van der Waals surface area (Å²) >= 11 is 0. The molecular weight excluding hydrogens is 359 g/mol. The van der Waals surface area contributed by atoms with Crippen LogP contribution in [0.3, 0.4) is 0 Å². The van der Waals surface area contributed by atoms with Crippen molar-refractivity contribution in [3.8, 4) is 0 Å². The second-order valence-electron chi connectivity index (χ2n) is 6.95. The summed E-state index contributed by atoms with van der Waals surface area (Å²) in [4.78, 5) is 0. The molecule has 0 fully saturated rings. The highest BCUT2D eigenvalue weighted by atomic mass is 31.2. The van der Waals surface area contributed by atoms with Crippen LogP contribution in [0.4, 0.5) is 0 Å². The van der Waals surface area contributed by atoms with Gasteiger partial charge in [0, 0.05) is 0 Å². The molecule has 0 spiro atoms. The van der Waals surface area contributed by atoms with Crippen molar-refractivity contribution in [2.24, 2.45) is 0 Å². The summed E-state index contributed by atoms with van der Waals surface area (Å²) in [5, 5.41) is 13.8. The van der Waals surface area contributed by atoms with E-state index in [2.05, 4.69) is 109 Å².